The molecule has 0 radical (unpaired) electrons. The zero-order valence-electron chi connectivity index (χ0n) is 14.2. The third kappa shape index (κ3) is 3.22. The lowest BCUT2D eigenvalue weighted by molar-refractivity contribution is 0.246. The van der Waals surface area contributed by atoms with Crippen LogP contribution in [0.5, 0.6) is 0 Å². The van der Waals surface area contributed by atoms with E-state index in [0.717, 1.165) is 54.6 Å². The second-order valence-electron chi connectivity index (χ2n) is 6.61. The third-order valence-corrected chi connectivity index (χ3v) is 5.22. The fourth-order valence-corrected chi connectivity index (χ4v) is 3.99. The maximum absolute atomic E-state index is 6.33. The van der Waals surface area contributed by atoms with Gasteiger partial charge in [0.15, 0.2) is 0 Å². The summed E-state index contributed by atoms with van der Waals surface area (Å²) in [5, 5.41) is 0.756. The first-order valence-electron chi connectivity index (χ1n) is 8.76. The number of anilines is 1. The van der Waals surface area contributed by atoms with E-state index < -0.39 is 0 Å². The third-order valence-electron chi connectivity index (χ3n) is 4.98. The van der Waals surface area contributed by atoms with Crippen molar-refractivity contribution in [3.8, 4) is 0 Å². The van der Waals surface area contributed by atoms with E-state index in [-0.39, 0.29) is 0 Å². The van der Waals surface area contributed by atoms with Gasteiger partial charge in [-0.1, -0.05) is 48.0 Å². The molecule has 0 aliphatic carbocycles. The van der Waals surface area contributed by atoms with Crippen LogP contribution in [-0.2, 0) is 0 Å². The summed E-state index contributed by atoms with van der Waals surface area (Å²) in [4.78, 5) is 9.97. The van der Waals surface area contributed by atoms with Gasteiger partial charge in [-0.15, -0.1) is 6.58 Å². The summed E-state index contributed by atoms with van der Waals surface area (Å²) >= 11 is 6.33. The molecule has 4 heteroatoms. The van der Waals surface area contributed by atoms with Gasteiger partial charge in [-0.25, -0.2) is 0 Å². The molecule has 0 spiro atoms. The Kier molecular flexibility index (Phi) is 4.60. The standard InChI is InChI=1S/C21H22ClN3/c1-2-10-24-11-12-25-18(15-24)14-23-21(16-6-4-3-5-7-16)19-13-17(22)8-9-20(19)25/h2-9,13,18H,1,10-12,14-15H2. The van der Waals surface area contributed by atoms with Gasteiger partial charge < -0.3 is 4.90 Å². The Bertz CT molecular complexity index is 800. The van der Waals surface area contributed by atoms with Crippen LogP contribution in [0.25, 0.3) is 0 Å². The van der Waals surface area contributed by atoms with Crippen molar-refractivity contribution in [2.24, 2.45) is 4.99 Å². The second kappa shape index (κ2) is 7.03. The highest BCUT2D eigenvalue weighted by atomic mass is 35.5. The minimum absolute atomic E-state index is 0.384. The number of aliphatic imine (C=N–C) groups is 1. The van der Waals surface area contributed by atoms with Crippen molar-refractivity contribution < 1.29 is 0 Å². The number of piperazine rings is 1. The van der Waals surface area contributed by atoms with E-state index in [2.05, 4.69) is 52.8 Å². The first-order valence-corrected chi connectivity index (χ1v) is 9.14. The zero-order chi connectivity index (χ0) is 17.2. The van der Waals surface area contributed by atoms with Crippen LogP contribution in [0.4, 0.5) is 5.69 Å². The molecular formula is C21H22ClN3. The van der Waals surface area contributed by atoms with Crippen LogP contribution in [-0.4, -0.2) is 49.4 Å². The van der Waals surface area contributed by atoms with Gasteiger partial charge in [-0.3, -0.25) is 9.89 Å². The molecule has 0 aromatic heterocycles. The highest BCUT2D eigenvalue weighted by molar-refractivity contribution is 6.31. The van der Waals surface area contributed by atoms with Crippen molar-refractivity contribution in [1.82, 2.24) is 4.90 Å². The largest absolute Gasteiger partial charge is 0.364 e. The maximum atomic E-state index is 6.33. The van der Waals surface area contributed by atoms with Crippen LogP contribution < -0.4 is 4.90 Å². The number of nitrogens with zero attached hydrogens (tertiary/aromatic N) is 3. The predicted octanol–water partition coefficient (Wildman–Crippen LogP) is 3.87. The molecule has 2 aromatic carbocycles. The zero-order valence-corrected chi connectivity index (χ0v) is 15.0. The molecule has 1 saturated heterocycles. The van der Waals surface area contributed by atoms with E-state index in [1.807, 2.05) is 18.2 Å². The molecule has 25 heavy (non-hydrogen) atoms. The van der Waals surface area contributed by atoms with Gasteiger partial charge >= 0.3 is 0 Å². The molecular weight excluding hydrogens is 330 g/mol. The molecule has 1 fully saturated rings. The molecule has 1 unspecified atom stereocenters. The lowest BCUT2D eigenvalue weighted by atomic mass is 9.99. The number of fused-ring (bicyclic) bond motifs is 3. The van der Waals surface area contributed by atoms with Gasteiger partial charge in [0.1, 0.15) is 0 Å². The van der Waals surface area contributed by atoms with Gasteiger partial charge in [0, 0.05) is 48.0 Å². The minimum Gasteiger partial charge on any atom is -0.364 e. The SMILES string of the molecule is C=CCN1CCN2c3ccc(Cl)cc3C(c3ccccc3)=NCC2C1. The van der Waals surface area contributed by atoms with Crippen molar-refractivity contribution in [3.63, 3.8) is 0 Å². The van der Waals surface area contributed by atoms with Crippen molar-refractivity contribution in [2.75, 3.05) is 37.6 Å². The van der Waals surface area contributed by atoms with Crippen LogP contribution in [0.2, 0.25) is 5.02 Å². The lowest BCUT2D eigenvalue weighted by Gasteiger charge is -2.41. The molecule has 0 N–H and O–H groups in total. The summed E-state index contributed by atoms with van der Waals surface area (Å²) < 4.78 is 0. The van der Waals surface area contributed by atoms with Crippen LogP contribution in [0.3, 0.4) is 0 Å². The molecule has 2 aliphatic heterocycles. The first kappa shape index (κ1) is 16.4. The molecule has 2 aromatic rings. The monoisotopic (exact) mass is 351 g/mol. The molecule has 2 aliphatic rings. The molecule has 0 saturated carbocycles. The van der Waals surface area contributed by atoms with Crippen molar-refractivity contribution in [3.05, 3.63) is 77.3 Å². The average molecular weight is 352 g/mol. The average Bonchev–Trinajstić information content (AvgIpc) is 2.79. The summed E-state index contributed by atoms with van der Waals surface area (Å²) in [5.41, 5.74) is 4.57. The molecule has 4 rings (SSSR count). The quantitative estimate of drug-likeness (QED) is 0.782. The fourth-order valence-electron chi connectivity index (χ4n) is 3.81. The van der Waals surface area contributed by atoms with E-state index in [0.29, 0.717) is 6.04 Å². The Hall–Kier alpha value is -2.10. The van der Waals surface area contributed by atoms with E-state index in [9.17, 15) is 0 Å². The Balaban J connectivity index is 1.78. The van der Waals surface area contributed by atoms with Gasteiger partial charge in [0.05, 0.1) is 18.3 Å². The van der Waals surface area contributed by atoms with E-state index in [4.69, 9.17) is 16.6 Å². The van der Waals surface area contributed by atoms with E-state index in [1.165, 1.54) is 5.69 Å². The summed E-state index contributed by atoms with van der Waals surface area (Å²) in [6, 6.07) is 17.0. The van der Waals surface area contributed by atoms with Crippen molar-refractivity contribution in [2.45, 2.75) is 6.04 Å². The number of benzene rings is 2. The Morgan fingerprint density at radius 3 is 2.80 bits per heavy atom. The molecule has 1 atom stereocenters. The van der Waals surface area contributed by atoms with Crippen LogP contribution in [0.1, 0.15) is 11.1 Å². The smallest absolute Gasteiger partial charge is 0.0741 e. The molecule has 0 bridgehead atoms. The van der Waals surface area contributed by atoms with Gasteiger partial charge in [-0.2, -0.15) is 0 Å². The van der Waals surface area contributed by atoms with Crippen LogP contribution >= 0.6 is 11.6 Å². The Labute approximate surface area is 154 Å². The minimum atomic E-state index is 0.384. The lowest BCUT2D eigenvalue weighted by Crippen LogP contribution is -2.54. The van der Waals surface area contributed by atoms with Crippen LogP contribution in [0, 0.1) is 0 Å². The summed E-state index contributed by atoms with van der Waals surface area (Å²) in [6.45, 7) is 8.68. The molecule has 0 amide bonds. The second-order valence-corrected chi connectivity index (χ2v) is 7.05. The maximum Gasteiger partial charge on any atom is 0.0741 e. The van der Waals surface area contributed by atoms with E-state index >= 15 is 0 Å². The molecule has 2 heterocycles. The highest BCUT2D eigenvalue weighted by Gasteiger charge is 2.31. The summed E-state index contributed by atoms with van der Waals surface area (Å²) in [5.74, 6) is 0. The van der Waals surface area contributed by atoms with Crippen molar-refractivity contribution in [1.29, 1.82) is 0 Å². The highest BCUT2D eigenvalue weighted by Crippen LogP contribution is 2.32. The van der Waals surface area contributed by atoms with Gasteiger partial charge in [-0.05, 0) is 18.2 Å². The normalized spacial score (nSPS) is 20.3. The number of halogens is 1. The predicted molar refractivity (Wildman–Crippen MR) is 106 cm³/mol. The van der Waals surface area contributed by atoms with Gasteiger partial charge in [0.25, 0.3) is 0 Å². The number of hydrogen-bond donors (Lipinski definition) is 0. The van der Waals surface area contributed by atoms with Crippen molar-refractivity contribution >= 4 is 23.0 Å². The topological polar surface area (TPSA) is 18.8 Å². The molecule has 3 nitrogen and oxygen atoms in total. The van der Waals surface area contributed by atoms with Crippen LogP contribution in [0.15, 0.2) is 66.2 Å². The number of rotatable bonds is 3. The van der Waals surface area contributed by atoms with Gasteiger partial charge in [0.2, 0.25) is 0 Å². The fraction of sp³-hybridized carbons (Fsp3) is 0.286. The molecule has 128 valence electrons. The number of hydrogen-bond acceptors (Lipinski definition) is 3. The summed E-state index contributed by atoms with van der Waals surface area (Å²) in [6.07, 6.45) is 1.98. The Morgan fingerprint density at radius 1 is 1.16 bits per heavy atom. The van der Waals surface area contributed by atoms with E-state index in [1.54, 1.807) is 0 Å². The Morgan fingerprint density at radius 2 is 2.00 bits per heavy atom. The summed E-state index contributed by atoms with van der Waals surface area (Å²) in [7, 11) is 0. The first-order chi connectivity index (χ1) is 12.3.